The number of carbonyl (C=O) groups excluding carboxylic acids is 1. The van der Waals surface area contributed by atoms with Gasteiger partial charge in [-0.15, -0.1) is 24.0 Å². The molecule has 7 heteroatoms. The molecule has 1 heterocycles. The molecule has 3 N–H and O–H groups in total. The molecule has 5 nitrogen and oxygen atoms in total. The van der Waals surface area contributed by atoms with Crippen LogP contribution in [0.15, 0.2) is 23.2 Å². The van der Waals surface area contributed by atoms with Crippen LogP contribution in [0.5, 0.6) is 0 Å². The van der Waals surface area contributed by atoms with Crippen molar-refractivity contribution in [3.05, 3.63) is 35.1 Å². The number of piperidine rings is 1. The van der Waals surface area contributed by atoms with Gasteiger partial charge in [0.15, 0.2) is 5.96 Å². The molecule has 1 aromatic rings. The predicted molar refractivity (Wildman–Crippen MR) is 109 cm³/mol. The molecule has 0 aromatic heterocycles. The Kier molecular flexibility index (Phi) is 9.16. The van der Waals surface area contributed by atoms with E-state index in [1.165, 1.54) is 6.07 Å². The number of likely N-dealkylation sites (tertiary alicyclic amines) is 1. The topological polar surface area (TPSA) is 70.7 Å². The standard InChI is InChI=1S/C18H27FN4O.HI/c1-3-21-18(22-11-14-7-6-13(2)16(19)9-14)23-8-4-5-15(12-23)10-17(20)24;/h6-7,9,15H,3-5,8,10-12H2,1-2H3,(H2,20,24)(H,21,22);1H. The van der Waals surface area contributed by atoms with Crippen LogP contribution in [0.25, 0.3) is 0 Å². The maximum Gasteiger partial charge on any atom is 0.217 e. The van der Waals surface area contributed by atoms with E-state index in [0.29, 0.717) is 18.5 Å². The quantitative estimate of drug-likeness (QED) is 0.402. The molecule has 1 atom stereocenters. The number of benzene rings is 1. The van der Waals surface area contributed by atoms with Crippen LogP contribution in [0.1, 0.15) is 37.3 Å². The zero-order valence-corrected chi connectivity index (χ0v) is 17.3. The Morgan fingerprint density at radius 2 is 2.24 bits per heavy atom. The summed E-state index contributed by atoms with van der Waals surface area (Å²) >= 11 is 0. The smallest absolute Gasteiger partial charge is 0.217 e. The summed E-state index contributed by atoms with van der Waals surface area (Å²) in [4.78, 5) is 18.0. The van der Waals surface area contributed by atoms with Crippen LogP contribution in [0.4, 0.5) is 4.39 Å². The lowest BCUT2D eigenvalue weighted by molar-refractivity contribution is -0.119. The second-order valence-corrected chi connectivity index (χ2v) is 6.38. The number of halogens is 2. The summed E-state index contributed by atoms with van der Waals surface area (Å²) < 4.78 is 13.7. The van der Waals surface area contributed by atoms with Gasteiger partial charge in [-0.3, -0.25) is 4.79 Å². The molecule has 1 unspecified atom stereocenters. The molecule has 1 fully saturated rings. The number of rotatable bonds is 5. The Morgan fingerprint density at radius 3 is 2.88 bits per heavy atom. The van der Waals surface area contributed by atoms with E-state index < -0.39 is 0 Å². The molecule has 25 heavy (non-hydrogen) atoms. The lowest BCUT2D eigenvalue weighted by Gasteiger charge is -2.34. The number of hydrogen-bond acceptors (Lipinski definition) is 2. The van der Waals surface area contributed by atoms with Gasteiger partial charge in [0.25, 0.3) is 0 Å². The maximum absolute atomic E-state index is 13.7. The van der Waals surface area contributed by atoms with Gasteiger partial charge in [-0.05, 0) is 49.8 Å². The van der Waals surface area contributed by atoms with Crippen LogP contribution in [0.3, 0.4) is 0 Å². The molecule has 1 aliphatic rings. The van der Waals surface area contributed by atoms with E-state index in [1.54, 1.807) is 13.0 Å². The number of carbonyl (C=O) groups is 1. The van der Waals surface area contributed by atoms with Gasteiger partial charge in [0.1, 0.15) is 5.82 Å². The first-order valence-electron chi connectivity index (χ1n) is 8.56. The predicted octanol–water partition coefficient (Wildman–Crippen LogP) is 2.81. The third-order valence-corrected chi connectivity index (χ3v) is 4.29. The number of aliphatic imine (C=N–C) groups is 1. The van der Waals surface area contributed by atoms with E-state index in [0.717, 1.165) is 44.0 Å². The Balaban J connectivity index is 0.00000312. The summed E-state index contributed by atoms with van der Waals surface area (Å²) in [6.45, 7) is 6.64. The van der Waals surface area contributed by atoms with Crippen LogP contribution in [0, 0.1) is 18.7 Å². The lowest BCUT2D eigenvalue weighted by Crippen LogP contribution is -2.47. The summed E-state index contributed by atoms with van der Waals surface area (Å²) in [6, 6.07) is 5.21. The first kappa shape index (κ1) is 21.7. The SMILES string of the molecule is CCNC(=NCc1ccc(C)c(F)c1)N1CCCC(CC(N)=O)C1.I. The van der Waals surface area contributed by atoms with E-state index in [1.807, 2.05) is 13.0 Å². The van der Waals surface area contributed by atoms with Crippen molar-refractivity contribution in [2.75, 3.05) is 19.6 Å². The molecule has 0 saturated carbocycles. The fraction of sp³-hybridized carbons (Fsp3) is 0.556. The fourth-order valence-electron chi connectivity index (χ4n) is 3.04. The molecule has 1 saturated heterocycles. The van der Waals surface area contributed by atoms with Crippen LogP contribution in [-0.4, -0.2) is 36.4 Å². The molecule has 1 amide bonds. The molecule has 1 aromatic carbocycles. The normalized spacial score (nSPS) is 17.8. The van der Waals surface area contributed by atoms with Gasteiger partial charge in [0.05, 0.1) is 6.54 Å². The highest BCUT2D eigenvalue weighted by Gasteiger charge is 2.23. The van der Waals surface area contributed by atoms with Crippen LogP contribution in [-0.2, 0) is 11.3 Å². The molecule has 140 valence electrons. The average molecular weight is 462 g/mol. The Labute approximate surface area is 166 Å². The summed E-state index contributed by atoms with van der Waals surface area (Å²) in [7, 11) is 0. The fourth-order valence-corrected chi connectivity index (χ4v) is 3.04. The first-order valence-corrected chi connectivity index (χ1v) is 8.56. The van der Waals surface area contributed by atoms with Crippen molar-refractivity contribution >= 4 is 35.8 Å². The third-order valence-electron chi connectivity index (χ3n) is 4.29. The molecule has 0 spiro atoms. The van der Waals surface area contributed by atoms with E-state index in [4.69, 9.17) is 5.73 Å². The first-order chi connectivity index (χ1) is 11.5. The molecular formula is C18H28FIN4O. The molecule has 0 radical (unpaired) electrons. The van der Waals surface area contributed by atoms with E-state index in [2.05, 4.69) is 15.2 Å². The minimum absolute atomic E-state index is 0. The van der Waals surface area contributed by atoms with E-state index in [9.17, 15) is 9.18 Å². The number of guanidine groups is 1. The molecule has 1 aliphatic heterocycles. The van der Waals surface area contributed by atoms with Crippen molar-refractivity contribution < 1.29 is 9.18 Å². The van der Waals surface area contributed by atoms with Crippen molar-refractivity contribution in [3.63, 3.8) is 0 Å². The maximum atomic E-state index is 13.7. The number of nitrogens with zero attached hydrogens (tertiary/aromatic N) is 2. The van der Waals surface area contributed by atoms with E-state index >= 15 is 0 Å². The number of amides is 1. The second-order valence-electron chi connectivity index (χ2n) is 6.38. The number of aryl methyl sites for hydroxylation is 1. The van der Waals surface area contributed by atoms with Gasteiger partial charge in [0.2, 0.25) is 5.91 Å². The molecule has 0 bridgehead atoms. The van der Waals surface area contributed by atoms with Crippen molar-refractivity contribution in [1.82, 2.24) is 10.2 Å². The largest absolute Gasteiger partial charge is 0.370 e. The van der Waals surface area contributed by atoms with Gasteiger partial charge in [-0.25, -0.2) is 9.38 Å². The van der Waals surface area contributed by atoms with Gasteiger partial charge in [0, 0.05) is 26.1 Å². The average Bonchev–Trinajstić information content (AvgIpc) is 2.54. The monoisotopic (exact) mass is 462 g/mol. The van der Waals surface area contributed by atoms with Crippen LogP contribution < -0.4 is 11.1 Å². The van der Waals surface area contributed by atoms with Crippen LogP contribution >= 0.6 is 24.0 Å². The molecular weight excluding hydrogens is 434 g/mol. The zero-order valence-electron chi connectivity index (χ0n) is 14.9. The number of nitrogens with one attached hydrogen (secondary N) is 1. The number of primary amides is 1. The summed E-state index contributed by atoms with van der Waals surface area (Å²) in [6.07, 6.45) is 2.45. The van der Waals surface area contributed by atoms with Crippen molar-refractivity contribution in [3.8, 4) is 0 Å². The van der Waals surface area contributed by atoms with Gasteiger partial charge in [-0.2, -0.15) is 0 Å². The highest BCUT2D eigenvalue weighted by Crippen LogP contribution is 2.19. The minimum Gasteiger partial charge on any atom is -0.370 e. The third kappa shape index (κ3) is 6.80. The van der Waals surface area contributed by atoms with Gasteiger partial charge >= 0.3 is 0 Å². The Bertz CT molecular complexity index is 609. The number of hydrogen-bond donors (Lipinski definition) is 2. The minimum atomic E-state index is -0.251. The van der Waals surface area contributed by atoms with E-state index in [-0.39, 0.29) is 41.6 Å². The van der Waals surface area contributed by atoms with Gasteiger partial charge in [-0.1, -0.05) is 12.1 Å². The second kappa shape index (κ2) is 10.6. The Hall–Kier alpha value is -1.38. The zero-order chi connectivity index (χ0) is 17.5. The highest BCUT2D eigenvalue weighted by atomic mass is 127. The van der Waals surface area contributed by atoms with Crippen molar-refractivity contribution in [2.45, 2.75) is 39.7 Å². The van der Waals surface area contributed by atoms with Crippen LogP contribution in [0.2, 0.25) is 0 Å². The summed E-state index contributed by atoms with van der Waals surface area (Å²) in [5.41, 5.74) is 6.81. The number of nitrogens with two attached hydrogens (primary N) is 1. The molecule has 2 rings (SSSR count). The van der Waals surface area contributed by atoms with Crippen molar-refractivity contribution in [2.24, 2.45) is 16.6 Å². The molecule has 0 aliphatic carbocycles. The summed E-state index contributed by atoms with van der Waals surface area (Å²) in [5.74, 6) is 0.635. The highest BCUT2D eigenvalue weighted by molar-refractivity contribution is 14.0. The Morgan fingerprint density at radius 1 is 1.48 bits per heavy atom. The summed E-state index contributed by atoms with van der Waals surface area (Å²) in [5, 5.41) is 3.29. The lowest BCUT2D eigenvalue weighted by atomic mass is 9.95. The van der Waals surface area contributed by atoms with Crippen molar-refractivity contribution in [1.29, 1.82) is 0 Å². The van der Waals surface area contributed by atoms with Gasteiger partial charge < -0.3 is 16.0 Å².